The van der Waals surface area contributed by atoms with Gasteiger partial charge in [-0.25, -0.2) is 0 Å². The summed E-state index contributed by atoms with van der Waals surface area (Å²) < 4.78 is 0. The lowest BCUT2D eigenvalue weighted by atomic mass is 9.96. The molecule has 1 aliphatic rings. The molecule has 0 atom stereocenters. The second-order valence-electron chi connectivity index (χ2n) is 7.29. The molecule has 1 saturated carbocycles. The summed E-state index contributed by atoms with van der Waals surface area (Å²) in [4.78, 5) is 16.3. The van der Waals surface area contributed by atoms with Gasteiger partial charge in [-0.2, -0.15) is 0 Å². The maximum absolute atomic E-state index is 13.1. The van der Waals surface area contributed by atoms with E-state index in [1.165, 1.54) is 16.3 Å². The fourth-order valence-electron chi connectivity index (χ4n) is 3.97. The minimum absolute atomic E-state index is 0.0102. The molecule has 3 nitrogen and oxygen atoms in total. The number of fused-ring (bicyclic) bond motifs is 2. The predicted octanol–water partition coefficient (Wildman–Crippen LogP) is 5.05. The first kappa shape index (κ1) is 15.2. The number of hydrogen-bond acceptors (Lipinski definition) is 1. The Morgan fingerprint density at radius 3 is 2.65 bits per heavy atom. The van der Waals surface area contributed by atoms with Gasteiger partial charge in [0.05, 0.1) is 5.54 Å². The molecule has 26 heavy (non-hydrogen) atoms. The molecule has 4 aromatic rings. The molecular weight excluding hydrogens is 320 g/mol. The van der Waals surface area contributed by atoms with Gasteiger partial charge < -0.3 is 10.3 Å². The van der Waals surface area contributed by atoms with Crippen molar-refractivity contribution in [2.75, 3.05) is 0 Å². The lowest BCUT2D eigenvalue weighted by molar-refractivity contribution is 0.0930. The molecule has 0 saturated heterocycles. The van der Waals surface area contributed by atoms with Crippen LogP contribution in [0.15, 0.2) is 66.9 Å². The highest BCUT2D eigenvalue weighted by Crippen LogP contribution is 2.48. The summed E-state index contributed by atoms with van der Waals surface area (Å²) in [5.74, 6) is 0.0102. The second kappa shape index (κ2) is 5.46. The Morgan fingerprint density at radius 2 is 1.81 bits per heavy atom. The van der Waals surface area contributed by atoms with E-state index < -0.39 is 0 Å². The van der Waals surface area contributed by atoms with E-state index in [4.69, 9.17) is 0 Å². The van der Waals surface area contributed by atoms with E-state index in [1.54, 1.807) is 0 Å². The third-order valence-corrected chi connectivity index (χ3v) is 5.55. The first-order valence-corrected chi connectivity index (χ1v) is 9.05. The third kappa shape index (κ3) is 2.31. The zero-order valence-electron chi connectivity index (χ0n) is 14.7. The van der Waals surface area contributed by atoms with Crippen molar-refractivity contribution in [3.63, 3.8) is 0 Å². The number of H-pyrrole nitrogens is 1. The highest BCUT2D eigenvalue weighted by atomic mass is 16.1. The Hall–Kier alpha value is -3.07. The molecule has 128 valence electrons. The molecule has 0 unspecified atom stereocenters. The third-order valence-electron chi connectivity index (χ3n) is 5.55. The highest BCUT2D eigenvalue weighted by Gasteiger charge is 2.46. The van der Waals surface area contributed by atoms with Crippen molar-refractivity contribution in [1.29, 1.82) is 0 Å². The quantitative estimate of drug-likeness (QED) is 0.539. The number of benzene rings is 3. The van der Waals surface area contributed by atoms with Gasteiger partial charge >= 0.3 is 0 Å². The van der Waals surface area contributed by atoms with Crippen LogP contribution < -0.4 is 5.32 Å². The molecule has 2 N–H and O–H groups in total. The van der Waals surface area contributed by atoms with Crippen LogP contribution in [-0.4, -0.2) is 10.9 Å². The molecule has 0 bridgehead atoms. The van der Waals surface area contributed by atoms with Gasteiger partial charge in [-0.15, -0.1) is 0 Å². The average molecular weight is 340 g/mol. The number of rotatable bonds is 3. The predicted molar refractivity (Wildman–Crippen MR) is 105 cm³/mol. The number of carbonyl (C=O) groups is 1. The number of nitrogens with one attached hydrogen (secondary N) is 2. The van der Waals surface area contributed by atoms with Crippen LogP contribution in [0.5, 0.6) is 0 Å². The van der Waals surface area contributed by atoms with Crippen molar-refractivity contribution in [2.45, 2.75) is 25.3 Å². The van der Waals surface area contributed by atoms with E-state index in [-0.39, 0.29) is 11.4 Å². The molecule has 1 aromatic heterocycles. The van der Waals surface area contributed by atoms with E-state index in [9.17, 15) is 4.79 Å². The van der Waals surface area contributed by atoms with Gasteiger partial charge in [-0.05, 0) is 59.9 Å². The van der Waals surface area contributed by atoms with E-state index in [0.717, 1.165) is 34.9 Å². The number of carbonyl (C=O) groups excluding carboxylic acids is 1. The van der Waals surface area contributed by atoms with Crippen molar-refractivity contribution >= 4 is 27.6 Å². The summed E-state index contributed by atoms with van der Waals surface area (Å²) in [7, 11) is 0. The Morgan fingerprint density at radius 1 is 1.00 bits per heavy atom. The molecule has 0 aliphatic heterocycles. The maximum Gasteiger partial charge on any atom is 0.252 e. The molecule has 1 aliphatic carbocycles. The van der Waals surface area contributed by atoms with E-state index in [1.807, 2.05) is 31.3 Å². The fraction of sp³-hybridized carbons (Fsp3) is 0.174. The SMILES string of the molecule is Cc1cc2[nH]ccc2cc1C(=O)NC1(c2cccc3ccccc23)CC1. The minimum Gasteiger partial charge on any atom is -0.361 e. The maximum atomic E-state index is 13.1. The molecule has 3 heteroatoms. The summed E-state index contributed by atoms with van der Waals surface area (Å²) in [5.41, 5.74) is 3.80. The molecule has 3 aromatic carbocycles. The van der Waals surface area contributed by atoms with Crippen LogP contribution in [0.3, 0.4) is 0 Å². The topological polar surface area (TPSA) is 44.9 Å². The largest absolute Gasteiger partial charge is 0.361 e. The molecule has 1 amide bonds. The van der Waals surface area contributed by atoms with Gasteiger partial charge in [0, 0.05) is 22.7 Å². The zero-order valence-corrected chi connectivity index (χ0v) is 14.7. The number of aromatic nitrogens is 1. The van der Waals surface area contributed by atoms with Crippen molar-refractivity contribution in [3.8, 4) is 0 Å². The normalized spacial score (nSPS) is 15.3. The summed E-state index contributed by atoms with van der Waals surface area (Å²) in [5, 5.41) is 6.85. The fourth-order valence-corrected chi connectivity index (χ4v) is 3.97. The molecule has 0 spiro atoms. The molecule has 0 radical (unpaired) electrons. The lowest BCUT2D eigenvalue weighted by Gasteiger charge is -2.21. The van der Waals surface area contributed by atoms with Crippen LogP contribution in [0.25, 0.3) is 21.7 Å². The summed E-state index contributed by atoms with van der Waals surface area (Å²) in [6.45, 7) is 1.99. The van der Waals surface area contributed by atoms with Crippen LogP contribution in [0.4, 0.5) is 0 Å². The summed E-state index contributed by atoms with van der Waals surface area (Å²) in [6, 6.07) is 20.8. The minimum atomic E-state index is -0.239. The van der Waals surface area contributed by atoms with E-state index >= 15 is 0 Å². The van der Waals surface area contributed by atoms with Gasteiger partial charge in [0.2, 0.25) is 0 Å². The monoisotopic (exact) mass is 340 g/mol. The standard InChI is InChI=1S/C23H20N2O/c1-15-13-21-17(9-12-24-21)14-19(15)22(26)25-23(10-11-23)20-8-4-6-16-5-2-3-7-18(16)20/h2-9,12-14,24H,10-11H2,1H3,(H,25,26). The summed E-state index contributed by atoms with van der Waals surface area (Å²) >= 11 is 0. The summed E-state index contributed by atoms with van der Waals surface area (Å²) in [6.07, 6.45) is 3.88. The Bertz CT molecular complexity index is 1150. The number of aryl methyl sites for hydroxylation is 1. The number of amides is 1. The first-order chi connectivity index (χ1) is 12.7. The van der Waals surface area contributed by atoms with Gasteiger partial charge in [0.25, 0.3) is 5.91 Å². The number of aromatic amines is 1. The highest BCUT2D eigenvalue weighted by molar-refractivity contribution is 6.00. The molecule has 1 heterocycles. The van der Waals surface area contributed by atoms with Gasteiger partial charge in [-0.3, -0.25) is 4.79 Å². The zero-order chi connectivity index (χ0) is 17.7. The smallest absolute Gasteiger partial charge is 0.252 e. The number of hydrogen-bond donors (Lipinski definition) is 2. The molecular formula is C23H20N2O. The van der Waals surface area contributed by atoms with Crippen LogP contribution in [0, 0.1) is 6.92 Å². The second-order valence-corrected chi connectivity index (χ2v) is 7.29. The molecule has 5 rings (SSSR count). The van der Waals surface area contributed by atoms with Crippen LogP contribution in [0.1, 0.15) is 34.3 Å². The van der Waals surface area contributed by atoms with Crippen molar-refractivity contribution in [2.24, 2.45) is 0 Å². The van der Waals surface area contributed by atoms with E-state index in [0.29, 0.717) is 0 Å². The van der Waals surface area contributed by atoms with Crippen LogP contribution in [0.2, 0.25) is 0 Å². The van der Waals surface area contributed by atoms with Gasteiger partial charge in [0.15, 0.2) is 0 Å². The Labute approximate surface area is 152 Å². The Balaban J connectivity index is 1.53. The molecule has 1 fully saturated rings. The Kier molecular flexibility index (Phi) is 3.20. The van der Waals surface area contributed by atoms with Crippen molar-refractivity contribution < 1.29 is 4.79 Å². The first-order valence-electron chi connectivity index (χ1n) is 9.05. The van der Waals surface area contributed by atoms with Gasteiger partial charge in [0.1, 0.15) is 0 Å². The van der Waals surface area contributed by atoms with Crippen molar-refractivity contribution in [1.82, 2.24) is 10.3 Å². The van der Waals surface area contributed by atoms with Crippen LogP contribution >= 0.6 is 0 Å². The van der Waals surface area contributed by atoms with Gasteiger partial charge in [-0.1, -0.05) is 42.5 Å². The van der Waals surface area contributed by atoms with E-state index in [2.05, 4.69) is 52.8 Å². The average Bonchev–Trinajstić information content (AvgIpc) is 3.28. The lowest BCUT2D eigenvalue weighted by Crippen LogP contribution is -2.35. The van der Waals surface area contributed by atoms with Crippen LogP contribution in [-0.2, 0) is 5.54 Å². The van der Waals surface area contributed by atoms with Crippen molar-refractivity contribution in [3.05, 3.63) is 83.6 Å².